The highest BCUT2D eigenvalue weighted by atomic mass is 32.2. The number of nitrogens with zero attached hydrogens (tertiary/aromatic N) is 2. The minimum atomic E-state index is -1.14. The quantitative estimate of drug-likeness (QED) is 0.860. The SMILES string of the molecule is CC(C)(C)OC(=O)N1CCC[C@H]1C[S@](=O)c1nccs1. The Labute approximate surface area is 125 Å². The fourth-order valence-electron chi connectivity index (χ4n) is 2.14. The Bertz CT molecular complexity index is 482. The monoisotopic (exact) mass is 316 g/mol. The highest BCUT2D eigenvalue weighted by Crippen LogP contribution is 2.23. The molecular weight excluding hydrogens is 296 g/mol. The predicted octanol–water partition coefficient (Wildman–Crippen LogP) is 2.65. The van der Waals surface area contributed by atoms with Crippen molar-refractivity contribution >= 4 is 28.2 Å². The van der Waals surface area contributed by atoms with E-state index in [4.69, 9.17) is 4.74 Å². The van der Waals surface area contributed by atoms with Crippen LogP contribution in [0.25, 0.3) is 0 Å². The summed E-state index contributed by atoms with van der Waals surface area (Å²) in [7, 11) is -1.14. The summed E-state index contributed by atoms with van der Waals surface area (Å²) >= 11 is 1.39. The van der Waals surface area contributed by atoms with E-state index < -0.39 is 16.4 Å². The van der Waals surface area contributed by atoms with E-state index in [2.05, 4.69) is 4.98 Å². The second kappa shape index (κ2) is 6.22. The van der Waals surface area contributed by atoms with Gasteiger partial charge in [-0.05, 0) is 33.6 Å². The van der Waals surface area contributed by atoms with Crippen LogP contribution in [0.15, 0.2) is 15.9 Å². The highest BCUT2D eigenvalue weighted by molar-refractivity contribution is 7.87. The van der Waals surface area contributed by atoms with Gasteiger partial charge in [-0.25, -0.2) is 9.78 Å². The lowest BCUT2D eigenvalue weighted by Gasteiger charge is -2.28. The fraction of sp³-hybridized carbons (Fsp3) is 0.692. The van der Waals surface area contributed by atoms with Crippen LogP contribution >= 0.6 is 11.3 Å². The van der Waals surface area contributed by atoms with E-state index in [0.29, 0.717) is 16.6 Å². The molecule has 1 fully saturated rings. The third-order valence-electron chi connectivity index (χ3n) is 2.95. The molecule has 1 saturated heterocycles. The van der Waals surface area contributed by atoms with Crippen molar-refractivity contribution in [2.24, 2.45) is 0 Å². The summed E-state index contributed by atoms with van der Waals surface area (Å²) in [4.78, 5) is 17.9. The molecular formula is C13H20N2O3S2. The number of ether oxygens (including phenoxy) is 1. The first kappa shape index (κ1) is 15.4. The molecule has 0 radical (unpaired) electrons. The highest BCUT2D eigenvalue weighted by Gasteiger charge is 2.33. The van der Waals surface area contributed by atoms with Crippen molar-refractivity contribution in [1.29, 1.82) is 0 Å². The number of rotatable bonds is 3. The molecule has 1 aliphatic heterocycles. The van der Waals surface area contributed by atoms with Gasteiger partial charge in [-0.2, -0.15) is 0 Å². The Morgan fingerprint density at radius 3 is 2.95 bits per heavy atom. The van der Waals surface area contributed by atoms with Gasteiger partial charge in [-0.15, -0.1) is 11.3 Å². The number of thiazole rings is 1. The summed E-state index contributed by atoms with van der Waals surface area (Å²) < 4.78 is 18.2. The van der Waals surface area contributed by atoms with E-state index in [1.54, 1.807) is 11.1 Å². The zero-order chi connectivity index (χ0) is 14.8. The lowest BCUT2D eigenvalue weighted by Crippen LogP contribution is -2.42. The molecule has 0 unspecified atom stereocenters. The van der Waals surface area contributed by atoms with Gasteiger partial charge in [-0.1, -0.05) is 0 Å². The number of amides is 1. The van der Waals surface area contributed by atoms with Crippen molar-refractivity contribution in [3.63, 3.8) is 0 Å². The normalized spacial score (nSPS) is 20.9. The van der Waals surface area contributed by atoms with Gasteiger partial charge in [-0.3, -0.25) is 4.21 Å². The standard InChI is InChI=1S/C13H20N2O3S2/c1-13(2,3)18-12(16)15-7-4-5-10(15)9-20(17)11-14-6-8-19-11/h6,8,10H,4-5,7,9H2,1-3H3/t10-,20-/m0/s1. The molecule has 7 heteroatoms. The van der Waals surface area contributed by atoms with Crippen LogP contribution in [0.1, 0.15) is 33.6 Å². The number of carbonyl (C=O) groups is 1. The maximum atomic E-state index is 12.2. The number of hydrogen-bond acceptors (Lipinski definition) is 5. The Morgan fingerprint density at radius 2 is 2.35 bits per heavy atom. The van der Waals surface area contributed by atoms with Gasteiger partial charge in [0.2, 0.25) is 0 Å². The first-order chi connectivity index (χ1) is 9.37. The lowest BCUT2D eigenvalue weighted by molar-refractivity contribution is 0.0241. The summed E-state index contributed by atoms with van der Waals surface area (Å²) in [6.45, 7) is 6.23. The van der Waals surface area contributed by atoms with Crippen molar-refractivity contribution in [1.82, 2.24) is 9.88 Å². The zero-order valence-electron chi connectivity index (χ0n) is 12.0. The average molecular weight is 316 g/mol. The van der Waals surface area contributed by atoms with Crippen LogP contribution in [0.2, 0.25) is 0 Å². The van der Waals surface area contributed by atoms with Gasteiger partial charge in [0.1, 0.15) is 5.60 Å². The maximum absolute atomic E-state index is 12.2. The van der Waals surface area contributed by atoms with Gasteiger partial charge in [0.05, 0.1) is 16.6 Å². The second-order valence-electron chi connectivity index (χ2n) is 5.78. The molecule has 0 saturated carbocycles. The minimum absolute atomic E-state index is 0.0189. The zero-order valence-corrected chi connectivity index (χ0v) is 13.6. The molecule has 112 valence electrons. The van der Waals surface area contributed by atoms with E-state index in [9.17, 15) is 9.00 Å². The smallest absolute Gasteiger partial charge is 0.410 e. The first-order valence-corrected chi connectivity index (χ1v) is 8.84. The summed E-state index contributed by atoms with van der Waals surface area (Å²) in [6, 6.07) is -0.0189. The van der Waals surface area contributed by atoms with Gasteiger partial charge in [0, 0.05) is 24.2 Å². The van der Waals surface area contributed by atoms with Crippen molar-refractivity contribution in [3.05, 3.63) is 11.6 Å². The molecule has 1 aromatic heterocycles. The van der Waals surface area contributed by atoms with Crippen molar-refractivity contribution in [2.45, 2.75) is 49.6 Å². The summed E-state index contributed by atoms with van der Waals surface area (Å²) in [5, 5.41) is 1.81. The summed E-state index contributed by atoms with van der Waals surface area (Å²) in [5.41, 5.74) is -0.501. The second-order valence-corrected chi connectivity index (χ2v) is 8.34. The topological polar surface area (TPSA) is 59.5 Å². The molecule has 0 bridgehead atoms. The van der Waals surface area contributed by atoms with Crippen molar-refractivity contribution < 1.29 is 13.7 Å². The Morgan fingerprint density at radius 1 is 1.60 bits per heavy atom. The molecule has 2 rings (SSSR count). The third-order valence-corrected chi connectivity index (χ3v) is 5.55. The molecule has 1 aliphatic rings. The van der Waals surface area contributed by atoms with E-state index in [1.807, 2.05) is 26.2 Å². The van der Waals surface area contributed by atoms with Crippen LogP contribution in [0.5, 0.6) is 0 Å². The third kappa shape index (κ3) is 4.02. The summed E-state index contributed by atoms with van der Waals surface area (Å²) in [6.07, 6.45) is 3.14. The van der Waals surface area contributed by atoms with Crippen LogP contribution in [0, 0.1) is 0 Å². The van der Waals surface area contributed by atoms with E-state index >= 15 is 0 Å². The van der Waals surface area contributed by atoms with E-state index in [1.165, 1.54) is 11.3 Å². The lowest BCUT2D eigenvalue weighted by atomic mass is 10.2. The van der Waals surface area contributed by atoms with Crippen molar-refractivity contribution in [3.8, 4) is 0 Å². The fourth-order valence-corrected chi connectivity index (χ4v) is 4.32. The number of likely N-dealkylation sites (tertiary alicyclic amines) is 1. The summed E-state index contributed by atoms with van der Waals surface area (Å²) in [5.74, 6) is 0.437. The molecule has 20 heavy (non-hydrogen) atoms. The largest absolute Gasteiger partial charge is 0.444 e. The number of aromatic nitrogens is 1. The molecule has 1 amide bonds. The van der Waals surface area contributed by atoms with Crippen molar-refractivity contribution in [2.75, 3.05) is 12.3 Å². The van der Waals surface area contributed by atoms with Crippen LogP contribution in [0.4, 0.5) is 4.79 Å². The van der Waals surface area contributed by atoms with Crippen LogP contribution < -0.4 is 0 Å². The van der Waals surface area contributed by atoms with Gasteiger partial charge in [0.15, 0.2) is 4.34 Å². The van der Waals surface area contributed by atoms with E-state index in [-0.39, 0.29) is 12.1 Å². The molecule has 0 spiro atoms. The Hall–Kier alpha value is -0.950. The van der Waals surface area contributed by atoms with E-state index in [0.717, 1.165) is 12.8 Å². The Kier molecular flexibility index (Phi) is 4.80. The molecule has 5 nitrogen and oxygen atoms in total. The Balaban J connectivity index is 1.97. The molecule has 2 atom stereocenters. The molecule has 0 aromatic carbocycles. The van der Waals surface area contributed by atoms with Gasteiger partial charge >= 0.3 is 6.09 Å². The first-order valence-electron chi connectivity index (χ1n) is 6.64. The molecule has 0 aliphatic carbocycles. The van der Waals surface area contributed by atoms with Crippen LogP contribution in [-0.2, 0) is 15.5 Å². The molecule has 2 heterocycles. The maximum Gasteiger partial charge on any atom is 0.410 e. The molecule has 1 aromatic rings. The van der Waals surface area contributed by atoms with Gasteiger partial charge in [0.25, 0.3) is 0 Å². The predicted molar refractivity (Wildman–Crippen MR) is 79.4 cm³/mol. The van der Waals surface area contributed by atoms with Gasteiger partial charge < -0.3 is 9.64 Å². The van der Waals surface area contributed by atoms with Crippen LogP contribution in [0.3, 0.4) is 0 Å². The number of hydrogen-bond donors (Lipinski definition) is 0. The molecule has 0 N–H and O–H groups in total. The minimum Gasteiger partial charge on any atom is -0.444 e. The number of carbonyl (C=O) groups excluding carboxylic acids is 1. The van der Waals surface area contributed by atoms with Crippen LogP contribution in [-0.4, -0.2) is 44.1 Å². The average Bonchev–Trinajstić information content (AvgIpc) is 2.96.